The lowest BCUT2D eigenvalue weighted by Gasteiger charge is -2.41. The van der Waals surface area contributed by atoms with Gasteiger partial charge in [0, 0.05) is 4.28 Å². The Bertz CT molecular complexity index is 321. The van der Waals surface area contributed by atoms with Crippen LogP contribution in [0, 0.1) is 35.5 Å². The van der Waals surface area contributed by atoms with Crippen molar-refractivity contribution in [2.75, 3.05) is 0 Å². The van der Waals surface area contributed by atoms with Gasteiger partial charge in [0.05, 0.1) is 0 Å². The zero-order chi connectivity index (χ0) is 15.4. The van der Waals surface area contributed by atoms with Crippen molar-refractivity contribution in [3.63, 3.8) is 0 Å². The normalized spacial score (nSPS) is 43.5. The third kappa shape index (κ3) is 3.87. The van der Waals surface area contributed by atoms with Crippen molar-refractivity contribution in [1.82, 2.24) is 0 Å². The molecule has 0 unspecified atom stereocenters. The lowest BCUT2D eigenvalue weighted by Crippen LogP contribution is -2.29. The fourth-order valence-corrected chi connectivity index (χ4v) is 5.79. The second-order valence-electron chi connectivity index (χ2n) is 8.50. The third-order valence-electron chi connectivity index (χ3n) is 7.45. The maximum Gasteiger partial charge on any atom is 0 e. The first kappa shape index (κ1) is 16.3. The highest BCUT2D eigenvalue weighted by Gasteiger charge is 2.33. The summed E-state index contributed by atoms with van der Waals surface area (Å²) >= 11 is 0. The highest BCUT2D eigenvalue weighted by atomic mass is 14.4. The van der Waals surface area contributed by atoms with Gasteiger partial charge in [-0.1, -0.05) is 12.2 Å². The SMILES string of the molecule is C=CC1CCC(C2CCC(C3CCC(C=C)CC3)CC2)CC1.[HH].[HH].[HH]. The molecule has 0 nitrogen and oxygen atoms in total. The molecule has 0 atom stereocenters. The van der Waals surface area contributed by atoms with Gasteiger partial charge in [0.1, 0.15) is 0 Å². The topological polar surface area (TPSA) is 0 Å². The van der Waals surface area contributed by atoms with Gasteiger partial charge in [-0.3, -0.25) is 0 Å². The van der Waals surface area contributed by atoms with Gasteiger partial charge < -0.3 is 0 Å². The maximum absolute atomic E-state index is 3.99. The van der Waals surface area contributed by atoms with Gasteiger partial charge >= 0.3 is 0 Å². The molecular formula is C22H42. The summed E-state index contributed by atoms with van der Waals surface area (Å²) in [6.07, 6.45) is 22.1. The smallest absolute Gasteiger partial charge is 0 e. The Labute approximate surface area is 142 Å². The summed E-state index contributed by atoms with van der Waals surface area (Å²) in [5.74, 6) is 5.88. The zero-order valence-corrected chi connectivity index (χ0v) is 14.5. The van der Waals surface area contributed by atoms with E-state index in [1.807, 2.05) is 0 Å². The summed E-state index contributed by atoms with van der Waals surface area (Å²) in [6, 6.07) is 0. The van der Waals surface area contributed by atoms with Crippen LogP contribution in [0.3, 0.4) is 0 Å². The van der Waals surface area contributed by atoms with E-state index >= 15 is 0 Å². The number of hydrogen-bond acceptors (Lipinski definition) is 0. The molecule has 3 saturated carbocycles. The lowest BCUT2D eigenvalue weighted by molar-refractivity contribution is 0.112. The summed E-state index contributed by atoms with van der Waals surface area (Å²) in [6.45, 7) is 7.98. The first-order chi connectivity index (χ1) is 10.8. The van der Waals surface area contributed by atoms with E-state index in [-0.39, 0.29) is 4.28 Å². The Morgan fingerprint density at radius 3 is 0.909 bits per heavy atom. The summed E-state index contributed by atoms with van der Waals surface area (Å²) < 4.78 is 0. The van der Waals surface area contributed by atoms with Crippen LogP contribution in [-0.4, -0.2) is 0 Å². The molecule has 0 aromatic carbocycles. The molecule has 0 aromatic rings. The fraction of sp³-hybridized carbons (Fsp3) is 0.818. The minimum atomic E-state index is 0. The number of rotatable bonds is 4. The van der Waals surface area contributed by atoms with Gasteiger partial charge in [0.25, 0.3) is 0 Å². The Hall–Kier alpha value is -0.520. The van der Waals surface area contributed by atoms with Gasteiger partial charge in [-0.2, -0.15) is 0 Å². The van der Waals surface area contributed by atoms with Crippen molar-refractivity contribution in [2.24, 2.45) is 35.5 Å². The van der Waals surface area contributed by atoms with Crippen LogP contribution >= 0.6 is 0 Å². The van der Waals surface area contributed by atoms with Gasteiger partial charge in [0.2, 0.25) is 0 Å². The van der Waals surface area contributed by atoms with Crippen LogP contribution in [0.5, 0.6) is 0 Å². The third-order valence-corrected chi connectivity index (χ3v) is 7.45. The quantitative estimate of drug-likeness (QED) is 0.471. The van der Waals surface area contributed by atoms with Crippen LogP contribution in [0.25, 0.3) is 0 Å². The maximum atomic E-state index is 3.99. The molecule has 0 N–H and O–H groups in total. The van der Waals surface area contributed by atoms with Crippen molar-refractivity contribution in [1.29, 1.82) is 0 Å². The molecule has 0 aliphatic heterocycles. The Kier molecular flexibility index (Phi) is 5.83. The fourth-order valence-electron chi connectivity index (χ4n) is 5.79. The van der Waals surface area contributed by atoms with E-state index in [0.29, 0.717) is 0 Å². The molecule has 0 amide bonds. The molecule has 0 radical (unpaired) electrons. The number of hydrogen-bond donors (Lipinski definition) is 0. The average molecular weight is 307 g/mol. The van der Waals surface area contributed by atoms with Crippen LogP contribution in [0.4, 0.5) is 0 Å². The molecule has 0 heterocycles. The summed E-state index contributed by atoms with van der Waals surface area (Å²) in [4.78, 5) is 0. The van der Waals surface area contributed by atoms with Gasteiger partial charge in [-0.05, 0) is 113 Å². The van der Waals surface area contributed by atoms with Crippen LogP contribution < -0.4 is 0 Å². The van der Waals surface area contributed by atoms with E-state index in [9.17, 15) is 0 Å². The monoisotopic (exact) mass is 306 g/mol. The second kappa shape index (κ2) is 7.84. The van der Waals surface area contributed by atoms with Gasteiger partial charge in [-0.25, -0.2) is 0 Å². The van der Waals surface area contributed by atoms with E-state index < -0.39 is 0 Å². The first-order valence-corrected chi connectivity index (χ1v) is 10.0. The van der Waals surface area contributed by atoms with E-state index in [1.165, 1.54) is 77.0 Å². The molecular weight excluding hydrogens is 264 g/mol. The highest BCUT2D eigenvalue weighted by Crippen LogP contribution is 2.45. The number of allylic oxidation sites excluding steroid dienone is 2. The molecule has 22 heavy (non-hydrogen) atoms. The van der Waals surface area contributed by atoms with Crippen molar-refractivity contribution >= 4 is 0 Å². The molecule has 0 saturated heterocycles. The Morgan fingerprint density at radius 2 is 0.682 bits per heavy atom. The van der Waals surface area contributed by atoms with Gasteiger partial charge in [-0.15, -0.1) is 13.2 Å². The van der Waals surface area contributed by atoms with E-state index in [0.717, 1.165) is 35.5 Å². The molecule has 130 valence electrons. The van der Waals surface area contributed by atoms with Gasteiger partial charge in [0.15, 0.2) is 0 Å². The first-order valence-electron chi connectivity index (χ1n) is 10.0. The largest absolute Gasteiger partial charge is 0.103 e. The van der Waals surface area contributed by atoms with Crippen LogP contribution in [0.15, 0.2) is 25.3 Å². The molecule has 0 heteroatoms. The van der Waals surface area contributed by atoms with E-state index in [1.54, 1.807) is 0 Å². The highest BCUT2D eigenvalue weighted by molar-refractivity contribution is 4.90. The summed E-state index contributed by atoms with van der Waals surface area (Å²) in [5, 5.41) is 0. The van der Waals surface area contributed by atoms with Crippen LogP contribution in [0.1, 0.15) is 81.3 Å². The van der Waals surface area contributed by atoms with Crippen molar-refractivity contribution in [3.05, 3.63) is 25.3 Å². The van der Waals surface area contributed by atoms with Crippen molar-refractivity contribution in [3.8, 4) is 0 Å². The van der Waals surface area contributed by atoms with Crippen molar-refractivity contribution in [2.45, 2.75) is 77.0 Å². The predicted molar refractivity (Wildman–Crippen MR) is 103 cm³/mol. The molecule has 0 spiro atoms. The Balaban J connectivity index is 0.00000192. The lowest BCUT2D eigenvalue weighted by atomic mass is 9.65. The predicted octanol–water partition coefficient (Wildman–Crippen LogP) is 7.52. The minimum absolute atomic E-state index is 0. The molecule has 0 aromatic heterocycles. The van der Waals surface area contributed by atoms with Crippen LogP contribution in [0.2, 0.25) is 0 Å². The zero-order valence-electron chi connectivity index (χ0n) is 14.5. The standard InChI is InChI=1S/C22H36.3H2/c1-3-17-5-9-19(10-6-17)21-13-15-22(16-14-21)20-11-7-18(4-2)8-12-20;;;/h3-4,17-22H,1-2,5-16H2;3*1H. The molecule has 3 aliphatic carbocycles. The second-order valence-corrected chi connectivity index (χ2v) is 8.50. The van der Waals surface area contributed by atoms with Crippen molar-refractivity contribution < 1.29 is 4.28 Å². The minimum Gasteiger partial charge on any atom is -0.103 e. The summed E-state index contributed by atoms with van der Waals surface area (Å²) in [5.41, 5.74) is 0. The summed E-state index contributed by atoms with van der Waals surface area (Å²) in [7, 11) is 0. The molecule has 0 bridgehead atoms. The molecule has 3 rings (SSSR count). The average Bonchev–Trinajstić information content (AvgIpc) is 2.62. The van der Waals surface area contributed by atoms with Crippen LogP contribution in [-0.2, 0) is 0 Å². The molecule has 3 fully saturated rings. The molecule has 3 aliphatic rings. The van der Waals surface area contributed by atoms with E-state index in [4.69, 9.17) is 0 Å². The Morgan fingerprint density at radius 1 is 0.455 bits per heavy atom. The van der Waals surface area contributed by atoms with E-state index in [2.05, 4.69) is 25.3 Å².